The van der Waals surface area contributed by atoms with E-state index in [1.807, 2.05) is 60.1 Å². The Morgan fingerprint density at radius 2 is 1.91 bits per heavy atom. The van der Waals surface area contributed by atoms with Gasteiger partial charge in [0.1, 0.15) is 18.7 Å². The van der Waals surface area contributed by atoms with E-state index in [2.05, 4.69) is 32.9 Å². The molecule has 0 aliphatic rings. The van der Waals surface area contributed by atoms with Gasteiger partial charge in [0.15, 0.2) is 5.65 Å². The Bertz CT molecular complexity index is 1510. The van der Waals surface area contributed by atoms with Gasteiger partial charge in [0.05, 0.1) is 23.4 Å². The van der Waals surface area contributed by atoms with Crippen LogP contribution in [0, 0.1) is 6.92 Å². The molecule has 176 valence electrons. The van der Waals surface area contributed by atoms with Crippen molar-refractivity contribution in [3.63, 3.8) is 0 Å². The molecular weight excluding hydrogens is 444 g/mol. The van der Waals surface area contributed by atoms with Crippen LogP contribution in [-0.2, 0) is 20.9 Å². The van der Waals surface area contributed by atoms with Gasteiger partial charge >= 0.3 is 5.97 Å². The van der Waals surface area contributed by atoms with Crippen LogP contribution in [0.1, 0.15) is 18.1 Å². The Balaban J connectivity index is 1.34. The number of ether oxygens (including phenoxy) is 1. The number of carbonyl (C=O) groups excluding carboxylic acids is 1. The zero-order chi connectivity index (χ0) is 24.2. The lowest BCUT2D eigenvalue weighted by atomic mass is 10.1. The summed E-state index contributed by atoms with van der Waals surface area (Å²) in [5, 5.41) is 9.70. The number of hydrogen-bond donors (Lipinski definition) is 1. The van der Waals surface area contributed by atoms with Gasteiger partial charge in [0.25, 0.3) is 0 Å². The largest absolute Gasteiger partial charge is 0.463 e. The fourth-order valence-electron chi connectivity index (χ4n) is 3.81. The van der Waals surface area contributed by atoms with E-state index in [-0.39, 0.29) is 19.2 Å². The van der Waals surface area contributed by atoms with Crippen LogP contribution in [0.4, 0.5) is 5.69 Å². The molecule has 0 fully saturated rings. The Hall–Kier alpha value is -4.37. The van der Waals surface area contributed by atoms with E-state index in [0.717, 1.165) is 50.1 Å². The van der Waals surface area contributed by atoms with Crippen molar-refractivity contribution in [2.45, 2.75) is 20.4 Å². The number of aromatic nitrogens is 5. The average Bonchev–Trinajstić information content (AvgIpc) is 3.26. The van der Waals surface area contributed by atoms with Crippen molar-refractivity contribution >= 4 is 33.7 Å². The van der Waals surface area contributed by atoms with Gasteiger partial charge in [0, 0.05) is 24.1 Å². The summed E-state index contributed by atoms with van der Waals surface area (Å²) in [5.74, 6) is -0.329. The van der Waals surface area contributed by atoms with Crippen molar-refractivity contribution in [2.75, 3.05) is 18.7 Å². The van der Waals surface area contributed by atoms with Crippen LogP contribution in [0.25, 0.3) is 33.3 Å². The van der Waals surface area contributed by atoms with Gasteiger partial charge in [-0.25, -0.2) is 9.67 Å². The molecule has 9 nitrogen and oxygen atoms in total. The monoisotopic (exact) mass is 468 g/mol. The molecular formula is C26H24N6O3. The van der Waals surface area contributed by atoms with Crippen molar-refractivity contribution in [3.8, 4) is 11.3 Å². The fraction of sp³-hybridized carbons (Fsp3) is 0.192. The summed E-state index contributed by atoms with van der Waals surface area (Å²) >= 11 is 0. The molecule has 0 unspecified atom stereocenters. The summed E-state index contributed by atoms with van der Waals surface area (Å²) in [5.41, 5.74) is 10.1. The predicted molar refractivity (Wildman–Crippen MR) is 133 cm³/mol. The standard InChI is InChI=1S/C26H24N6O3/c1-17-14-21(6-8-22(17)30-35-13-12-34-18(2)33)24-9-10-25-26(28-24)32(31-29-25)16-19-5-7-23-20(15-19)4-3-11-27-23/h3-11,14-15,30H,12-13,16H2,1-2H3. The lowest BCUT2D eigenvalue weighted by molar-refractivity contribution is -0.142. The van der Waals surface area contributed by atoms with Crippen LogP contribution in [0.3, 0.4) is 0 Å². The molecule has 0 atom stereocenters. The van der Waals surface area contributed by atoms with E-state index < -0.39 is 0 Å². The van der Waals surface area contributed by atoms with Gasteiger partial charge in [-0.15, -0.1) is 5.10 Å². The molecule has 35 heavy (non-hydrogen) atoms. The number of nitrogens with one attached hydrogen (secondary N) is 1. The lowest BCUT2D eigenvalue weighted by Crippen LogP contribution is -2.11. The van der Waals surface area contributed by atoms with Gasteiger partial charge in [-0.2, -0.15) is 0 Å². The second-order valence-corrected chi connectivity index (χ2v) is 8.14. The first kappa shape index (κ1) is 22.4. The highest BCUT2D eigenvalue weighted by atomic mass is 16.7. The van der Waals surface area contributed by atoms with Crippen LogP contribution >= 0.6 is 0 Å². The van der Waals surface area contributed by atoms with Crippen molar-refractivity contribution in [2.24, 2.45) is 0 Å². The molecule has 3 heterocycles. The van der Waals surface area contributed by atoms with Crippen LogP contribution in [-0.4, -0.2) is 44.1 Å². The lowest BCUT2D eigenvalue weighted by Gasteiger charge is -2.11. The molecule has 1 N–H and O–H groups in total. The number of esters is 1. The minimum Gasteiger partial charge on any atom is -0.463 e. The normalized spacial score (nSPS) is 11.1. The molecule has 9 heteroatoms. The number of rotatable bonds is 8. The SMILES string of the molecule is CC(=O)OCCONc1ccc(-c2ccc3nnn(Cc4ccc5ncccc5c4)c3n2)cc1C. The number of nitrogens with zero attached hydrogens (tertiary/aromatic N) is 5. The molecule has 0 amide bonds. The smallest absolute Gasteiger partial charge is 0.302 e. The third-order valence-corrected chi connectivity index (χ3v) is 5.55. The number of carbonyl (C=O) groups is 1. The van der Waals surface area contributed by atoms with Gasteiger partial charge in [-0.05, 0) is 60.5 Å². The molecule has 0 spiro atoms. The Morgan fingerprint density at radius 3 is 2.77 bits per heavy atom. The minimum absolute atomic E-state index is 0.196. The summed E-state index contributed by atoms with van der Waals surface area (Å²) in [6.45, 7) is 4.36. The van der Waals surface area contributed by atoms with Crippen LogP contribution in [0.5, 0.6) is 0 Å². The number of anilines is 1. The molecule has 0 saturated heterocycles. The van der Waals surface area contributed by atoms with Crippen molar-refractivity contribution in [1.29, 1.82) is 0 Å². The van der Waals surface area contributed by atoms with E-state index in [4.69, 9.17) is 14.6 Å². The number of fused-ring (bicyclic) bond motifs is 2. The van der Waals surface area contributed by atoms with Crippen LogP contribution in [0.2, 0.25) is 0 Å². The molecule has 0 aliphatic carbocycles. The van der Waals surface area contributed by atoms with Gasteiger partial charge < -0.3 is 4.74 Å². The maximum Gasteiger partial charge on any atom is 0.302 e. The van der Waals surface area contributed by atoms with Crippen LogP contribution in [0.15, 0.2) is 66.9 Å². The second-order valence-electron chi connectivity index (χ2n) is 8.14. The maximum atomic E-state index is 10.8. The first-order valence-electron chi connectivity index (χ1n) is 11.2. The topological polar surface area (TPSA) is 104 Å². The third kappa shape index (κ3) is 5.10. The summed E-state index contributed by atoms with van der Waals surface area (Å²) in [4.78, 5) is 25.4. The second kappa shape index (κ2) is 9.86. The molecule has 0 bridgehead atoms. The zero-order valence-corrected chi connectivity index (χ0v) is 19.4. The highest BCUT2D eigenvalue weighted by Crippen LogP contribution is 2.25. The van der Waals surface area contributed by atoms with Gasteiger partial charge in [-0.1, -0.05) is 23.4 Å². The summed E-state index contributed by atoms with van der Waals surface area (Å²) in [7, 11) is 0. The fourth-order valence-corrected chi connectivity index (χ4v) is 3.81. The molecule has 3 aromatic heterocycles. The Labute approximate surface area is 201 Å². The summed E-state index contributed by atoms with van der Waals surface area (Å²) in [6.07, 6.45) is 1.79. The first-order valence-corrected chi connectivity index (χ1v) is 11.2. The molecule has 2 aromatic carbocycles. The minimum atomic E-state index is -0.329. The van der Waals surface area contributed by atoms with E-state index >= 15 is 0 Å². The van der Waals surface area contributed by atoms with Crippen LogP contribution < -0.4 is 5.48 Å². The van der Waals surface area contributed by atoms with Gasteiger partial charge in [0.2, 0.25) is 0 Å². The highest BCUT2D eigenvalue weighted by Gasteiger charge is 2.11. The number of pyridine rings is 2. The zero-order valence-electron chi connectivity index (χ0n) is 19.4. The van der Waals surface area contributed by atoms with Crippen molar-refractivity contribution in [3.05, 3.63) is 78.0 Å². The molecule has 0 radical (unpaired) electrons. The number of aryl methyl sites for hydroxylation is 1. The summed E-state index contributed by atoms with van der Waals surface area (Å²) in [6, 6.07) is 20.0. The van der Waals surface area contributed by atoms with Crippen molar-refractivity contribution in [1.82, 2.24) is 25.0 Å². The van der Waals surface area contributed by atoms with E-state index in [0.29, 0.717) is 6.54 Å². The van der Waals surface area contributed by atoms with E-state index in [9.17, 15) is 4.79 Å². The Kier molecular flexibility index (Phi) is 6.32. The average molecular weight is 469 g/mol. The first-order chi connectivity index (χ1) is 17.1. The molecule has 0 aliphatic heterocycles. The quantitative estimate of drug-likeness (QED) is 0.204. The highest BCUT2D eigenvalue weighted by molar-refractivity contribution is 5.79. The predicted octanol–water partition coefficient (Wildman–Crippen LogP) is 4.30. The maximum absolute atomic E-state index is 10.8. The Morgan fingerprint density at radius 1 is 1.03 bits per heavy atom. The molecule has 5 aromatic rings. The molecule has 5 rings (SSSR count). The third-order valence-electron chi connectivity index (χ3n) is 5.55. The van der Waals surface area contributed by atoms with Crippen molar-refractivity contribution < 1.29 is 14.4 Å². The summed E-state index contributed by atoms with van der Waals surface area (Å²) < 4.78 is 6.67. The molecule has 0 saturated carbocycles. The number of hydrogen-bond acceptors (Lipinski definition) is 8. The van der Waals surface area contributed by atoms with E-state index in [1.54, 1.807) is 6.20 Å². The van der Waals surface area contributed by atoms with E-state index in [1.165, 1.54) is 6.92 Å². The number of benzene rings is 2. The van der Waals surface area contributed by atoms with Gasteiger partial charge in [-0.3, -0.25) is 20.1 Å².